The van der Waals surface area contributed by atoms with E-state index in [2.05, 4.69) is 20.4 Å². The molecule has 1 amide bonds. The van der Waals surface area contributed by atoms with Crippen molar-refractivity contribution in [2.45, 2.75) is 6.54 Å². The molecule has 0 aliphatic rings. The average molecular weight is 195 g/mol. The Bertz CT molecular complexity index is 315. The maximum atomic E-state index is 10.8. The number of hydrogen-bond donors (Lipinski definition) is 2. The third kappa shape index (κ3) is 2.62. The first kappa shape index (κ1) is 10.3. The molecule has 76 valence electrons. The second-order valence-electron chi connectivity index (χ2n) is 2.61. The number of ether oxygens (including phenoxy) is 1. The van der Waals surface area contributed by atoms with Gasteiger partial charge in [0.25, 0.3) is 0 Å². The lowest BCUT2D eigenvalue weighted by molar-refractivity contribution is 0.170. The quantitative estimate of drug-likeness (QED) is 0.754. The number of carbonyl (C=O) groups is 1. The third-order valence-electron chi connectivity index (χ3n) is 1.74. The summed E-state index contributed by atoms with van der Waals surface area (Å²) in [7, 11) is 3.11. The highest BCUT2D eigenvalue weighted by Gasteiger charge is 2.03. The van der Waals surface area contributed by atoms with Gasteiger partial charge in [-0.15, -0.1) is 0 Å². The van der Waals surface area contributed by atoms with Crippen molar-refractivity contribution in [2.75, 3.05) is 19.5 Å². The maximum Gasteiger partial charge on any atom is 0.407 e. The van der Waals surface area contributed by atoms with Crippen LogP contribution in [0.4, 0.5) is 10.6 Å². The smallest absolute Gasteiger partial charge is 0.407 e. The number of nitrogens with zero attached hydrogens (tertiary/aromatic N) is 1. The number of rotatable bonds is 3. The van der Waals surface area contributed by atoms with Gasteiger partial charge >= 0.3 is 6.09 Å². The number of nitrogens with one attached hydrogen (secondary N) is 2. The zero-order valence-electron chi connectivity index (χ0n) is 8.20. The summed E-state index contributed by atoms with van der Waals surface area (Å²) in [5, 5.41) is 5.52. The molecule has 0 aromatic carbocycles. The van der Waals surface area contributed by atoms with Gasteiger partial charge in [0.15, 0.2) is 0 Å². The van der Waals surface area contributed by atoms with Crippen LogP contribution in [0.2, 0.25) is 0 Å². The van der Waals surface area contributed by atoms with E-state index < -0.39 is 6.09 Å². The molecule has 1 aromatic rings. The molecule has 1 rings (SSSR count). The molecule has 0 aliphatic carbocycles. The zero-order valence-corrected chi connectivity index (χ0v) is 8.20. The Hall–Kier alpha value is -1.78. The zero-order chi connectivity index (χ0) is 10.4. The molecule has 0 aliphatic heterocycles. The highest BCUT2D eigenvalue weighted by molar-refractivity contribution is 5.67. The minimum absolute atomic E-state index is 0.399. The number of anilines is 1. The minimum atomic E-state index is -0.448. The van der Waals surface area contributed by atoms with Gasteiger partial charge in [0.2, 0.25) is 0 Å². The van der Waals surface area contributed by atoms with Crippen LogP contribution in [0, 0.1) is 0 Å². The van der Waals surface area contributed by atoms with Gasteiger partial charge in [0.1, 0.15) is 5.82 Å². The fraction of sp³-hybridized carbons (Fsp3) is 0.333. The van der Waals surface area contributed by atoms with E-state index in [4.69, 9.17) is 0 Å². The lowest BCUT2D eigenvalue weighted by Gasteiger charge is -2.07. The number of aromatic nitrogens is 1. The largest absolute Gasteiger partial charge is 0.453 e. The first-order valence-electron chi connectivity index (χ1n) is 4.21. The fourth-order valence-corrected chi connectivity index (χ4v) is 1.05. The Labute approximate surface area is 82.5 Å². The van der Waals surface area contributed by atoms with Crippen LogP contribution < -0.4 is 10.6 Å². The van der Waals surface area contributed by atoms with Crippen molar-refractivity contribution in [3.05, 3.63) is 23.9 Å². The molecule has 0 spiro atoms. The van der Waals surface area contributed by atoms with Gasteiger partial charge in [-0.2, -0.15) is 0 Å². The molecule has 5 heteroatoms. The van der Waals surface area contributed by atoms with Crippen LogP contribution in [0.5, 0.6) is 0 Å². The summed E-state index contributed by atoms with van der Waals surface area (Å²) in [6.07, 6.45) is 1.24. The molecule has 0 saturated heterocycles. The summed E-state index contributed by atoms with van der Waals surface area (Å²) in [5.74, 6) is 0.754. The van der Waals surface area contributed by atoms with E-state index in [0.717, 1.165) is 11.4 Å². The predicted octanol–water partition coefficient (Wildman–Crippen LogP) is 0.979. The Morgan fingerprint density at radius 3 is 3.07 bits per heavy atom. The van der Waals surface area contributed by atoms with Gasteiger partial charge in [-0.1, -0.05) is 6.07 Å². The number of carbonyl (C=O) groups excluding carboxylic acids is 1. The van der Waals surface area contributed by atoms with Crippen LogP contribution in [-0.4, -0.2) is 25.2 Å². The number of amides is 1. The summed E-state index contributed by atoms with van der Waals surface area (Å²) >= 11 is 0. The van der Waals surface area contributed by atoms with Gasteiger partial charge in [-0.25, -0.2) is 9.78 Å². The molecule has 14 heavy (non-hydrogen) atoms. The van der Waals surface area contributed by atoms with Crippen molar-refractivity contribution in [1.82, 2.24) is 10.3 Å². The standard InChI is InChI=1S/C9H13N3O2/c1-10-8-7(4-3-5-11-8)6-12-9(13)14-2/h3-5H,6H2,1-2H3,(H,10,11)(H,12,13). The average Bonchev–Trinajstić information content (AvgIpc) is 2.26. The molecule has 5 nitrogen and oxygen atoms in total. The monoisotopic (exact) mass is 195 g/mol. The molecular formula is C9H13N3O2. The van der Waals surface area contributed by atoms with Crippen LogP contribution in [-0.2, 0) is 11.3 Å². The Morgan fingerprint density at radius 1 is 1.64 bits per heavy atom. The Kier molecular flexibility index (Phi) is 3.72. The molecule has 0 radical (unpaired) electrons. The van der Waals surface area contributed by atoms with Gasteiger partial charge in [-0.3, -0.25) is 0 Å². The molecule has 1 aromatic heterocycles. The molecule has 0 unspecified atom stereocenters. The van der Waals surface area contributed by atoms with Crippen LogP contribution in [0.25, 0.3) is 0 Å². The number of methoxy groups -OCH3 is 1. The van der Waals surface area contributed by atoms with Crippen molar-refractivity contribution in [3.8, 4) is 0 Å². The van der Waals surface area contributed by atoms with E-state index in [-0.39, 0.29) is 0 Å². The minimum Gasteiger partial charge on any atom is -0.453 e. The summed E-state index contributed by atoms with van der Waals surface area (Å²) in [5.41, 5.74) is 0.917. The molecule has 0 fully saturated rings. The SMILES string of the molecule is CNc1ncccc1CNC(=O)OC. The fourth-order valence-electron chi connectivity index (χ4n) is 1.05. The molecular weight excluding hydrogens is 182 g/mol. The van der Waals surface area contributed by atoms with Gasteiger partial charge in [0, 0.05) is 25.4 Å². The van der Waals surface area contributed by atoms with Gasteiger partial charge in [-0.05, 0) is 6.07 Å². The number of hydrogen-bond acceptors (Lipinski definition) is 4. The van der Waals surface area contributed by atoms with Crippen molar-refractivity contribution in [1.29, 1.82) is 0 Å². The summed E-state index contributed by atoms with van der Waals surface area (Å²) in [6.45, 7) is 0.399. The molecule has 0 atom stereocenters. The maximum absolute atomic E-state index is 10.8. The van der Waals surface area contributed by atoms with Gasteiger partial charge in [0.05, 0.1) is 7.11 Å². The van der Waals surface area contributed by atoms with Crippen LogP contribution in [0.15, 0.2) is 18.3 Å². The van der Waals surface area contributed by atoms with E-state index in [1.807, 2.05) is 12.1 Å². The number of pyridine rings is 1. The Balaban J connectivity index is 2.61. The Morgan fingerprint density at radius 2 is 2.43 bits per heavy atom. The van der Waals surface area contributed by atoms with Crippen LogP contribution in [0.3, 0.4) is 0 Å². The van der Waals surface area contributed by atoms with Crippen molar-refractivity contribution >= 4 is 11.9 Å². The van der Waals surface area contributed by atoms with E-state index in [0.29, 0.717) is 6.54 Å². The highest BCUT2D eigenvalue weighted by atomic mass is 16.5. The van der Waals surface area contributed by atoms with Crippen LogP contribution in [0.1, 0.15) is 5.56 Å². The second kappa shape index (κ2) is 5.06. The lowest BCUT2D eigenvalue weighted by atomic mass is 10.2. The van der Waals surface area contributed by atoms with Gasteiger partial charge < -0.3 is 15.4 Å². The van der Waals surface area contributed by atoms with E-state index in [1.54, 1.807) is 13.2 Å². The highest BCUT2D eigenvalue weighted by Crippen LogP contribution is 2.09. The number of alkyl carbamates (subject to hydrolysis) is 1. The molecule has 2 N–H and O–H groups in total. The van der Waals surface area contributed by atoms with Crippen molar-refractivity contribution in [2.24, 2.45) is 0 Å². The van der Waals surface area contributed by atoms with Crippen LogP contribution >= 0.6 is 0 Å². The summed E-state index contributed by atoms with van der Waals surface area (Å²) in [4.78, 5) is 14.9. The predicted molar refractivity (Wildman–Crippen MR) is 53.0 cm³/mol. The van der Waals surface area contributed by atoms with E-state index in [1.165, 1.54) is 7.11 Å². The normalized spacial score (nSPS) is 9.29. The molecule has 0 saturated carbocycles. The van der Waals surface area contributed by atoms with Crippen molar-refractivity contribution in [3.63, 3.8) is 0 Å². The van der Waals surface area contributed by atoms with Crippen molar-refractivity contribution < 1.29 is 9.53 Å². The van der Waals surface area contributed by atoms with E-state index in [9.17, 15) is 4.79 Å². The first-order chi connectivity index (χ1) is 6.77. The lowest BCUT2D eigenvalue weighted by Crippen LogP contribution is -2.22. The first-order valence-corrected chi connectivity index (χ1v) is 4.21. The third-order valence-corrected chi connectivity index (χ3v) is 1.74. The van der Waals surface area contributed by atoms with E-state index >= 15 is 0 Å². The molecule has 1 heterocycles. The summed E-state index contributed by atoms with van der Waals surface area (Å²) < 4.78 is 4.45. The topological polar surface area (TPSA) is 63.2 Å². The summed E-state index contributed by atoms with van der Waals surface area (Å²) in [6, 6.07) is 3.70. The molecule has 0 bridgehead atoms. The second-order valence-corrected chi connectivity index (χ2v) is 2.61.